The van der Waals surface area contributed by atoms with Crippen LogP contribution in [0.2, 0.25) is 5.02 Å². The summed E-state index contributed by atoms with van der Waals surface area (Å²) in [5, 5.41) is 13.5. The molecule has 0 aromatic heterocycles. The second kappa shape index (κ2) is 5.08. The normalized spacial score (nSPS) is 14.1. The summed E-state index contributed by atoms with van der Waals surface area (Å²) in [7, 11) is -0.806. The van der Waals surface area contributed by atoms with Crippen molar-refractivity contribution >= 4 is 29.9 Å². The van der Waals surface area contributed by atoms with Crippen LogP contribution < -0.4 is 10.8 Å². The maximum atomic E-state index is 9.58. The van der Waals surface area contributed by atoms with Gasteiger partial charge in [-0.25, -0.2) is 0 Å². The van der Waals surface area contributed by atoms with Gasteiger partial charge in [-0.05, 0) is 29.6 Å². The molecule has 0 saturated heterocycles. The Bertz CT molecular complexity index is 386. The molecule has 1 aromatic carbocycles. The number of benzene rings is 1. The lowest BCUT2D eigenvalue weighted by Crippen LogP contribution is -2.28. The van der Waals surface area contributed by atoms with Gasteiger partial charge in [0.15, 0.2) is 0 Å². The quantitative estimate of drug-likeness (QED) is 0.621. The van der Waals surface area contributed by atoms with E-state index < -0.39 is 7.12 Å². The number of hydrogen-bond acceptors (Lipinski definition) is 3. The minimum absolute atomic E-state index is 0.436. The molecule has 0 bridgehead atoms. The van der Waals surface area contributed by atoms with Crippen LogP contribution in [0, 0.1) is 0 Å². The van der Waals surface area contributed by atoms with Crippen molar-refractivity contribution < 1.29 is 9.68 Å². The first-order chi connectivity index (χ1) is 7.72. The van der Waals surface area contributed by atoms with E-state index in [-0.39, 0.29) is 0 Å². The van der Waals surface area contributed by atoms with Crippen LogP contribution in [0.3, 0.4) is 0 Å². The number of anilines is 1. The van der Waals surface area contributed by atoms with Gasteiger partial charge in [0.2, 0.25) is 0 Å². The molecule has 0 aliphatic carbocycles. The Hall–Kier alpha value is -0.705. The Morgan fingerprint density at radius 2 is 2.38 bits per heavy atom. The van der Waals surface area contributed by atoms with Gasteiger partial charge in [0, 0.05) is 6.54 Å². The molecular weight excluding hydrogens is 224 g/mol. The van der Waals surface area contributed by atoms with Gasteiger partial charge in [0.1, 0.15) is 0 Å². The Morgan fingerprint density at radius 1 is 1.56 bits per heavy atom. The molecule has 0 saturated carbocycles. The average Bonchev–Trinajstić information content (AvgIpc) is 2.61. The smallest absolute Gasteiger partial charge is 0.423 e. The van der Waals surface area contributed by atoms with E-state index in [0.29, 0.717) is 11.6 Å². The molecule has 1 aromatic rings. The molecule has 0 atom stereocenters. The Balaban J connectivity index is 2.16. The fraction of sp³-hybridized carbons (Fsp3) is 0.455. The van der Waals surface area contributed by atoms with Crippen LogP contribution in [0.5, 0.6) is 0 Å². The molecule has 2 rings (SSSR count). The highest BCUT2D eigenvalue weighted by Gasteiger charge is 2.28. The molecule has 0 fully saturated rings. The highest BCUT2D eigenvalue weighted by molar-refractivity contribution is 6.61. The number of nitrogens with one attached hydrogen (secondary N) is 1. The lowest BCUT2D eigenvalue weighted by atomic mass is 9.79. The Morgan fingerprint density at radius 3 is 3.12 bits per heavy atom. The summed E-state index contributed by atoms with van der Waals surface area (Å²) in [6, 6.07) is 3.74. The summed E-state index contributed by atoms with van der Waals surface area (Å²) in [5.74, 6) is 0. The van der Waals surface area contributed by atoms with Crippen molar-refractivity contribution in [3.63, 3.8) is 0 Å². The highest BCUT2D eigenvalue weighted by atomic mass is 35.5. The summed E-state index contributed by atoms with van der Waals surface area (Å²) in [6.07, 6.45) is 2.24. The molecule has 1 aliphatic rings. The summed E-state index contributed by atoms with van der Waals surface area (Å²) in [5.41, 5.74) is 2.67. The van der Waals surface area contributed by atoms with Gasteiger partial charge in [-0.15, -0.1) is 0 Å². The first-order valence-corrected chi connectivity index (χ1v) is 5.96. The van der Waals surface area contributed by atoms with Gasteiger partial charge in [0.25, 0.3) is 0 Å². The standard InChI is InChI=1S/C11H15BClNO2/c1-2-3-4-14-11-6-9-8(5-10(11)13)7-16-12(9)15/h5-6,14-15H,2-4,7H2,1H3. The molecule has 86 valence electrons. The van der Waals surface area contributed by atoms with E-state index >= 15 is 0 Å². The molecular formula is C11H15BClNO2. The van der Waals surface area contributed by atoms with Crippen molar-refractivity contribution in [2.45, 2.75) is 26.4 Å². The monoisotopic (exact) mass is 239 g/mol. The van der Waals surface area contributed by atoms with Crippen molar-refractivity contribution in [2.75, 3.05) is 11.9 Å². The lowest BCUT2D eigenvalue weighted by Gasteiger charge is -2.10. The molecule has 0 amide bonds. The first kappa shape index (κ1) is 11.8. The van der Waals surface area contributed by atoms with Crippen molar-refractivity contribution in [1.29, 1.82) is 0 Å². The van der Waals surface area contributed by atoms with Gasteiger partial charge >= 0.3 is 7.12 Å². The minimum Gasteiger partial charge on any atom is -0.423 e. The highest BCUT2D eigenvalue weighted by Crippen LogP contribution is 2.24. The van der Waals surface area contributed by atoms with E-state index in [1.807, 2.05) is 12.1 Å². The third kappa shape index (κ3) is 2.34. The third-order valence-corrected chi connectivity index (χ3v) is 3.05. The van der Waals surface area contributed by atoms with Gasteiger partial charge in [-0.2, -0.15) is 0 Å². The second-order valence-electron chi connectivity index (χ2n) is 3.97. The van der Waals surface area contributed by atoms with Crippen LogP contribution >= 0.6 is 11.6 Å². The zero-order chi connectivity index (χ0) is 11.5. The van der Waals surface area contributed by atoms with Crippen LogP contribution in [0.15, 0.2) is 12.1 Å². The molecule has 3 nitrogen and oxygen atoms in total. The van der Waals surface area contributed by atoms with Crippen molar-refractivity contribution in [3.05, 3.63) is 22.7 Å². The van der Waals surface area contributed by atoms with E-state index in [0.717, 1.165) is 36.1 Å². The van der Waals surface area contributed by atoms with Crippen molar-refractivity contribution in [2.24, 2.45) is 0 Å². The lowest BCUT2D eigenvalue weighted by molar-refractivity contribution is 0.275. The molecule has 16 heavy (non-hydrogen) atoms. The van der Waals surface area contributed by atoms with Crippen molar-refractivity contribution in [1.82, 2.24) is 0 Å². The summed E-state index contributed by atoms with van der Waals surface area (Å²) >= 11 is 6.13. The largest absolute Gasteiger partial charge is 0.491 e. The zero-order valence-corrected chi connectivity index (χ0v) is 10.0. The zero-order valence-electron chi connectivity index (χ0n) is 9.29. The Kier molecular flexibility index (Phi) is 3.74. The Labute approximate surface area is 101 Å². The predicted molar refractivity (Wildman–Crippen MR) is 67.2 cm³/mol. The number of unbranched alkanes of at least 4 members (excludes halogenated alkanes) is 1. The fourth-order valence-electron chi connectivity index (χ4n) is 1.78. The minimum atomic E-state index is -0.806. The van der Waals surface area contributed by atoms with Gasteiger partial charge in [0.05, 0.1) is 17.3 Å². The summed E-state index contributed by atoms with van der Waals surface area (Å²) in [6.45, 7) is 3.47. The molecule has 0 spiro atoms. The molecule has 0 unspecified atom stereocenters. The van der Waals surface area contributed by atoms with Gasteiger partial charge in [-0.3, -0.25) is 0 Å². The topological polar surface area (TPSA) is 41.5 Å². The average molecular weight is 240 g/mol. The maximum absolute atomic E-state index is 9.58. The van der Waals surface area contributed by atoms with E-state index in [9.17, 15) is 5.02 Å². The van der Waals surface area contributed by atoms with Gasteiger partial charge < -0.3 is 15.0 Å². The number of hydrogen-bond donors (Lipinski definition) is 2. The van der Waals surface area contributed by atoms with Crippen LogP contribution in [0.1, 0.15) is 25.3 Å². The molecule has 5 heteroatoms. The number of halogens is 1. The van der Waals surface area contributed by atoms with E-state index in [2.05, 4.69) is 12.2 Å². The first-order valence-electron chi connectivity index (χ1n) is 5.58. The molecule has 1 heterocycles. The second-order valence-corrected chi connectivity index (χ2v) is 4.38. The fourth-order valence-corrected chi connectivity index (χ4v) is 2.03. The molecule has 0 radical (unpaired) electrons. The van der Waals surface area contributed by atoms with Crippen LogP contribution in [0.4, 0.5) is 5.69 Å². The van der Waals surface area contributed by atoms with E-state index in [1.165, 1.54) is 0 Å². The SMILES string of the molecule is CCCCNc1cc2c(cc1Cl)COB2O. The van der Waals surface area contributed by atoms with E-state index in [4.69, 9.17) is 16.3 Å². The summed E-state index contributed by atoms with van der Waals surface area (Å²) in [4.78, 5) is 0. The van der Waals surface area contributed by atoms with Crippen LogP contribution in [-0.4, -0.2) is 18.7 Å². The number of rotatable bonds is 4. The van der Waals surface area contributed by atoms with E-state index in [1.54, 1.807) is 0 Å². The predicted octanol–water partition coefficient (Wildman–Crippen LogP) is 1.77. The van der Waals surface area contributed by atoms with Crippen molar-refractivity contribution in [3.8, 4) is 0 Å². The number of fused-ring (bicyclic) bond motifs is 1. The van der Waals surface area contributed by atoms with Crippen LogP contribution in [0.25, 0.3) is 0 Å². The van der Waals surface area contributed by atoms with Crippen LogP contribution in [-0.2, 0) is 11.3 Å². The summed E-state index contributed by atoms with van der Waals surface area (Å²) < 4.78 is 5.13. The molecule has 2 N–H and O–H groups in total. The van der Waals surface area contributed by atoms with Gasteiger partial charge in [-0.1, -0.05) is 24.9 Å². The molecule has 1 aliphatic heterocycles. The third-order valence-electron chi connectivity index (χ3n) is 2.74. The maximum Gasteiger partial charge on any atom is 0.491 e.